The zero-order valence-corrected chi connectivity index (χ0v) is 10.5. The molecule has 0 radical (unpaired) electrons. The van der Waals surface area contributed by atoms with Crippen LogP contribution in [0.4, 0.5) is 0 Å². The fourth-order valence-electron chi connectivity index (χ4n) is 1.77. The van der Waals surface area contributed by atoms with E-state index < -0.39 is 0 Å². The minimum atomic E-state index is 0.487. The molecule has 3 nitrogen and oxygen atoms in total. The van der Waals surface area contributed by atoms with E-state index >= 15 is 0 Å². The number of nitrogens with one attached hydrogen (secondary N) is 1. The fraction of sp³-hybridized carbons (Fsp3) is 0.357. The van der Waals surface area contributed by atoms with Gasteiger partial charge in [0.2, 0.25) is 0 Å². The summed E-state index contributed by atoms with van der Waals surface area (Å²) in [4.78, 5) is 0. The SMILES string of the molecule is C=C(CNC(C)C)Cn1ncc2ccccc21. The molecule has 0 atom stereocenters. The first-order chi connectivity index (χ1) is 8.16. The van der Waals surface area contributed by atoms with Crippen molar-refractivity contribution in [1.82, 2.24) is 15.1 Å². The van der Waals surface area contributed by atoms with E-state index in [1.165, 1.54) is 5.39 Å². The lowest BCUT2D eigenvalue weighted by Crippen LogP contribution is -2.26. The summed E-state index contributed by atoms with van der Waals surface area (Å²) in [6.45, 7) is 9.97. The Balaban J connectivity index is 2.06. The van der Waals surface area contributed by atoms with Crippen molar-refractivity contribution in [1.29, 1.82) is 0 Å². The number of benzene rings is 1. The third kappa shape index (κ3) is 2.94. The van der Waals surface area contributed by atoms with Crippen LogP contribution in [0.2, 0.25) is 0 Å². The molecule has 0 fully saturated rings. The van der Waals surface area contributed by atoms with Gasteiger partial charge in [-0.3, -0.25) is 4.68 Å². The van der Waals surface area contributed by atoms with Crippen molar-refractivity contribution in [3.63, 3.8) is 0 Å². The maximum Gasteiger partial charge on any atom is 0.0686 e. The van der Waals surface area contributed by atoms with Gasteiger partial charge in [-0.15, -0.1) is 0 Å². The summed E-state index contributed by atoms with van der Waals surface area (Å²) >= 11 is 0. The van der Waals surface area contributed by atoms with Crippen LogP contribution < -0.4 is 5.32 Å². The average molecular weight is 229 g/mol. The Bertz CT molecular complexity index is 511. The second-order valence-electron chi connectivity index (χ2n) is 4.65. The van der Waals surface area contributed by atoms with Crippen LogP contribution in [0.25, 0.3) is 10.9 Å². The molecule has 1 heterocycles. The summed E-state index contributed by atoms with van der Waals surface area (Å²) in [5, 5.41) is 8.93. The van der Waals surface area contributed by atoms with Gasteiger partial charge in [-0.2, -0.15) is 5.10 Å². The van der Waals surface area contributed by atoms with E-state index in [1.807, 2.05) is 23.0 Å². The van der Waals surface area contributed by atoms with Crippen LogP contribution in [-0.4, -0.2) is 22.4 Å². The Morgan fingerprint density at radius 2 is 2.18 bits per heavy atom. The van der Waals surface area contributed by atoms with Crippen molar-refractivity contribution in [2.24, 2.45) is 0 Å². The number of aromatic nitrogens is 2. The van der Waals surface area contributed by atoms with Crippen LogP contribution in [-0.2, 0) is 6.54 Å². The van der Waals surface area contributed by atoms with Gasteiger partial charge in [0.15, 0.2) is 0 Å². The highest BCUT2D eigenvalue weighted by Crippen LogP contribution is 2.13. The summed E-state index contributed by atoms with van der Waals surface area (Å²) in [6, 6.07) is 8.72. The Hall–Kier alpha value is -1.61. The molecule has 0 spiro atoms. The summed E-state index contributed by atoms with van der Waals surface area (Å²) in [7, 11) is 0. The summed E-state index contributed by atoms with van der Waals surface area (Å²) < 4.78 is 2.00. The lowest BCUT2D eigenvalue weighted by molar-refractivity contribution is 0.594. The third-order valence-corrected chi connectivity index (χ3v) is 2.68. The van der Waals surface area contributed by atoms with Crippen LogP contribution in [0.1, 0.15) is 13.8 Å². The van der Waals surface area contributed by atoms with Crippen LogP contribution in [0, 0.1) is 0 Å². The third-order valence-electron chi connectivity index (χ3n) is 2.68. The minimum absolute atomic E-state index is 0.487. The van der Waals surface area contributed by atoms with Crippen LogP contribution in [0.5, 0.6) is 0 Å². The van der Waals surface area contributed by atoms with Gasteiger partial charge in [-0.1, -0.05) is 38.6 Å². The van der Waals surface area contributed by atoms with Crippen LogP contribution in [0.3, 0.4) is 0 Å². The topological polar surface area (TPSA) is 29.9 Å². The van der Waals surface area contributed by atoms with Crippen molar-refractivity contribution >= 4 is 10.9 Å². The number of fused-ring (bicyclic) bond motifs is 1. The second kappa shape index (κ2) is 5.15. The molecule has 2 rings (SSSR count). The molecule has 0 aliphatic heterocycles. The Kier molecular flexibility index (Phi) is 3.59. The molecule has 17 heavy (non-hydrogen) atoms. The van der Waals surface area contributed by atoms with E-state index in [-0.39, 0.29) is 0 Å². The molecule has 0 saturated carbocycles. The minimum Gasteiger partial charge on any atom is -0.311 e. The quantitative estimate of drug-likeness (QED) is 0.799. The molecule has 3 heteroatoms. The summed E-state index contributed by atoms with van der Waals surface area (Å²) in [6.07, 6.45) is 1.90. The molecule has 0 amide bonds. The van der Waals surface area contributed by atoms with Crippen molar-refractivity contribution < 1.29 is 0 Å². The number of nitrogens with zero attached hydrogens (tertiary/aromatic N) is 2. The second-order valence-corrected chi connectivity index (χ2v) is 4.65. The molecular formula is C14H19N3. The van der Waals surface area contributed by atoms with E-state index in [2.05, 4.69) is 43.0 Å². The molecule has 0 aliphatic rings. The van der Waals surface area contributed by atoms with Gasteiger partial charge >= 0.3 is 0 Å². The van der Waals surface area contributed by atoms with Gasteiger partial charge in [0.25, 0.3) is 0 Å². The maximum atomic E-state index is 4.39. The van der Waals surface area contributed by atoms with Crippen molar-refractivity contribution in [3.8, 4) is 0 Å². The molecule has 1 aromatic carbocycles. The average Bonchev–Trinajstić information content (AvgIpc) is 2.70. The summed E-state index contributed by atoms with van der Waals surface area (Å²) in [5.41, 5.74) is 2.31. The van der Waals surface area contributed by atoms with Crippen LogP contribution >= 0.6 is 0 Å². The van der Waals surface area contributed by atoms with Gasteiger partial charge in [-0.05, 0) is 11.6 Å². The maximum absolute atomic E-state index is 4.39. The molecule has 1 N–H and O–H groups in total. The van der Waals surface area contributed by atoms with Crippen molar-refractivity contribution in [2.75, 3.05) is 6.54 Å². The summed E-state index contributed by atoms with van der Waals surface area (Å²) in [5.74, 6) is 0. The van der Waals surface area contributed by atoms with E-state index in [9.17, 15) is 0 Å². The van der Waals surface area contributed by atoms with Gasteiger partial charge in [0.05, 0.1) is 18.3 Å². The smallest absolute Gasteiger partial charge is 0.0686 e. The molecule has 0 bridgehead atoms. The lowest BCUT2D eigenvalue weighted by atomic mass is 10.2. The number of rotatable bonds is 5. The van der Waals surface area contributed by atoms with Crippen LogP contribution in [0.15, 0.2) is 42.6 Å². The highest BCUT2D eigenvalue weighted by molar-refractivity contribution is 5.78. The van der Waals surface area contributed by atoms with Gasteiger partial charge in [0, 0.05) is 18.0 Å². The van der Waals surface area contributed by atoms with E-state index in [0.29, 0.717) is 6.04 Å². The number of hydrogen-bond donors (Lipinski definition) is 1. The number of para-hydroxylation sites is 1. The molecule has 2 aromatic rings. The van der Waals surface area contributed by atoms with Crippen molar-refractivity contribution in [3.05, 3.63) is 42.6 Å². The Morgan fingerprint density at radius 3 is 2.94 bits per heavy atom. The first-order valence-electron chi connectivity index (χ1n) is 5.97. The predicted octanol–water partition coefficient (Wildman–Crippen LogP) is 2.59. The normalized spacial score (nSPS) is 11.2. The lowest BCUT2D eigenvalue weighted by Gasteiger charge is -2.11. The zero-order chi connectivity index (χ0) is 12.3. The van der Waals surface area contributed by atoms with Gasteiger partial charge < -0.3 is 5.32 Å². The van der Waals surface area contributed by atoms with Crippen molar-refractivity contribution in [2.45, 2.75) is 26.4 Å². The molecule has 90 valence electrons. The monoisotopic (exact) mass is 229 g/mol. The Morgan fingerprint density at radius 1 is 1.41 bits per heavy atom. The van der Waals surface area contributed by atoms with E-state index in [1.54, 1.807) is 0 Å². The first kappa shape index (κ1) is 11.9. The fourth-order valence-corrected chi connectivity index (χ4v) is 1.77. The molecule has 1 aromatic heterocycles. The van der Waals surface area contributed by atoms with Gasteiger partial charge in [-0.25, -0.2) is 0 Å². The number of hydrogen-bond acceptors (Lipinski definition) is 2. The first-order valence-corrected chi connectivity index (χ1v) is 5.97. The highest BCUT2D eigenvalue weighted by Gasteiger charge is 2.03. The molecule has 0 aliphatic carbocycles. The highest BCUT2D eigenvalue weighted by atomic mass is 15.3. The molecule has 0 unspecified atom stereocenters. The Labute approximate surface area is 102 Å². The standard InChI is InChI=1S/C14H19N3/c1-11(2)15-8-12(3)10-17-14-7-5-4-6-13(14)9-16-17/h4-7,9,11,15H,3,8,10H2,1-2H3. The molecule has 0 saturated heterocycles. The molecular weight excluding hydrogens is 210 g/mol. The van der Waals surface area contributed by atoms with E-state index in [0.717, 1.165) is 24.2 Å². The zero-order valence-electron chi connectivity index (χ0n) is 10.5. The predicted molar refractivity (Wildman–Crippen MR) is 72.0 cm³/mol. The largest absolute Gasteiger partial charge is 0.311 e. The van der Waals surface area contributed by atoms with Gasteiger partial charge in [0.1, 0.15) is 0 Å². The van der Waals surface area contributed by atoms with E-state index in [4.69, 9.17) is 0 Å².